The van der Waals surface area contributed by atoms with Crippen molar-refractivity contribution in [2.24, 2.45) is 4.99 Å². The molecule has 0 spiro atoms. The number of anilines is 1. The molecule has 0 bridgehead atoms. The van der Waals surface area contributed by atoms with Crippen LogP contribution in [0, 0.1) is 0 Å². The predicted molar refractivity (Wildman–Crippen MR) is 130 cm³/mol. The summed E-state index contributed by atoms with van der Waals surface area (Å²) in [6, 6.07) is 15.5. The number of amides is 1. The second-order valence-corrected chi connectivity index (χ2v) is 8.84. The summed E-state index contributed by atoms with van der Waals surface area (Å²) < 4.78 is 10.6. The molecule has 2 aromatic rings. The van der Waals surface area contributed by atoms with Crippen molar-refractivity contribution >= 4 is 28.9 Å². The lowest BCUT2D eigenvalue weighted by Crippen LogP contribution is -2.46. The Bertz CT molecular complexity index is 931. The monoisotopic (exact) mass is 457 g/mol. The number of benzene rings is 2. The van der Waals surface area contributed by atoms with Crippen LogP contribution in [0.25, 0.3) is 0 Å². The maximum atomic E-state index is 13.0. The molecule has 172 valence electrons. The number of halogens is 1. The van der Waals surface area contributed by atoms with E-state index in [-0.39, 0.29) is 18.0 Å². The molecule has 0 unspecified atom stereocenters. The van der Waals surface area contributed by atoms with E-state index >= 15 is 0 Å². The Hall–Kier alpha value is -2.25. The first-order valence-electron chi connectivity index (χ1n) is 10.9. The van der Waals surface area contributed by atoms with E-state index in [9.17, 15) is 4.79 Å². The lowest BCUT2D eigenvalue weighted by Gasteiger charge is -2.29. The number of ether oxygens (including phenoxy) is 2. The number of nitrogens with zero attached hydrogens (tertiary/aromatic N) is 2. The summed E-state index contributed by atoms with van der Waals surface area (Å²) in [6.45, 7) is 7.43. The average molecular weight is 458 g/mol. The minimum absolute atomic E-state index is 0.0259. The Labute approximate surface area is 195 Å². The van der Waals surface area contributed by atoms with Crippen LogP contribution in [0.15, 0.2) is 53.5 Å². The Morgan fingerprint density at radius 1 is 1.12 bits per heavy atom. The van der Waals surface area contributed by atoms with E-state index in [1.165, 1.54) is 0 Å². The van der Waals surface area contributed by atoms with Crippen LogP contribution < -0.4 is 10.2 Å². The van der Waals surface area contributed by atoms with Gasteiger partial charge in [-0.1, -0.05) is 41.9 Å². The van der Waals surface area contributed by atoms with E-state index in [0.29, 0.717) is 37.9 Å². The lowest BCUT2D eigenvalue weighted by molar-refractivity contribution is -0.117. The summed E-state index contributed by atoms with van der Waals surface area (Å²) in [5.41, 5.74) is 3.36. The van der Waals surface area contributed by atoms with Crippen LogP contribution in [0.4, 0.5) is 5.69 Å². The molecular weight excluding hydrogens is 426 g/mol. The van der Waals surface area contributed by atoms with Gasteiger partial charge in [-0.25, -0.2) is 0 Å². The number of rotatable bonds is 11. The standard InChI is InChI=1S/C25H32ClN3O3/c1-25(2,11-14-32-16-15-31-3)28-12-13-29-22-10-9-20(26)17-21(22)24(27-18-23(29)30)19-7-5-4-6-8-19/h4-10,17,28H,11-16,18H2,1-3H3. The van der Waals surface area contributed by atoms with Gasteiger partial charge in [-0.2, -0.15) is 0 Å². The summed E-state index contributed by atoms with van der Waals surface area (Å²) in [7, 11) is 1.67. The minimum atomic E-state index is -0.115. The fourth-order valence-corrected chi connectivity index (χ4v) is 3.81. The lowest BCUT2D eigenvalue weighted by atomic mass is 10.00. The van der Waals surface area contributed by atoms with Gasteiger partial charge < -0.3 is 19.7 Å². The highest BCUT2D eigenvalue weighted by Crippen LogP contribution is 2.29. The zero-order chi connectivity index (χ0) is 23.0. The van der Waals surface area contributed by atoms with Crippen molar-refractivity contribution in [2.45, 2.75) is 25.8 Å². The summed E-state index contributed by atoms with van der Waals surface area (Å²) in [5.74, 6) is -0.0259. The molecule has 0 saturated heterocycles. The molecule has 1 aliphatic heterocycles. The van der Waals surface area contributed by atoms with Gasteiger partial charge >= 0.3 is 0 Å². The maximum Gasteiger partial charge on any atom is 0.248 e. The van der Waals surface area contributed by atoms with E-state index in [1.54, 1.807) is 7.11 Å². The maximum absolute atomic E-state index is 13.0. The number of carbonyl (C=O) groups is 1. The molecule has 0 fully saturated rings. The second-order valence-electron chi connectivity index (χ2n) is 8.40. The Morgan fingerprint density at radius 2 is 1.91 bits per heavy atom. The van der Waals surface area contributed by atoms with Crippen molar-refractivity contribution in [3.8, 4) is 0 Å². The first-order chi connectivity index (χ1) is 15.4. The number of nitrogens with one attached hydrogen (secondary N) is 1. The zero-order valence-electron chi connectivity index (χ0n) is 19.1. The fourth-order valence-electron chi connectivity index (χ4n) is 3.64. The van der Waals surface area contributed by atoms with Crippen LogP contribution in [-0.4, -0.2) is 63.7 Å². The van der Waals surface area contributed by atoms with E-state index in [0.717, 1.165) is 28.9 Å². The van der Waals surface area contributed by atoms with Gasteiger partial charge in [0.2, 0.25) is 5.91 Å². The number of methoxy groups -OCH3 is 1. The number of carbonyl (C=O) groups excluding carboxylic acids is 1. The van der Waals surface area contributed by atoms with E-state index in [2.05, 4.69) is 24.2 Å². The zero-order valence-corrected chi connectivity index (χ0v) is 19.8. The van der Waals surface area contributed by atoms with Crippen LogP contribution in [-0.2, 0) is 14.3 Å². The predicted octanol–water partition coefficient (Wildman–Crippen LogP) is 3.95. The minimum Gasteiger partial charge on any atom is -0.382 e. The summed E-state index contributed by atoms with van der Waals surface area (Å²) in [4.78, 5) is 19.5. The third-order valence-corrected chi connectivity index (χ3v) is 5.70. The molecule has 1 heterocycles. The molecule has 32 heavy (non-hydrogen) atoms. The van der Waals surface area contributed by atoms with Crippen LogP contribution in [0.1, 0.15) is 31.4 Å². The third-order valence-electron chi connectivity index (χ3n) is 5.47. The van der Waals surface area contributed by atoms with E-state index < -0.39 is 0 Å². The van der Waals surface area contributed by atoms with Crippen LogP contribution >= 0.6 is 11.6 Å². The summed E-state index contributed by atoms with van der Waals surface area (Å²) >= 11 is 6.32. The van der Waals surface area contributed by atoms with E-state index in [1.807, 2.05) is 53.4 Å². The van der Waals surface area contributed by atoms with Crippen molar-refractivity contribution in [1.29, 1.82) is 0 Å². The highest BCUT2D eigenvalue weighted by atomic mass is 35.5. The molecule has 1 amide bonds. The molecular formula is C25H32ClN3O3. The molecule has 6 nitrogen and oxygen atoms in total. The highest BCUT2D eigenvalue weighted by Gasteiger charge is 2.26. The Morgan fingerprint density at radius 3 is 2.66 bits per heavy atom. The normalized spacial score (nSPS) is 14.2. The van der Waals surface area contributed by atoms with Crippen molar-refractivity contribution in [3.05, 3.63) is 64.7 Å². The first-order valence-corrected chi connectivity index (χ1v) is 11.3. The van der Waals surface area contributed by atoms with Gasteiger partial charge in [0.05, 0.1) is 24.6 Å². The van der Waals surface area contributed by atoms with Crippen molar-refractivity contribution < 1.29 is 14.3 Å². The number of aliphatic imine (C=N–C) groups is 1. The second kappa shape index (κ2) is 11.6. The van der Waals surface area contributed by atoms with Gasteiger partial charge in [-0.05, 0) is 38.5 Å². The molecule has 0 radical (unpaired) electrons. The topological polar surface area (TPSA) is 63.2 Å². The summed E-state index contributed by atoms with van der Waals surface area (Å²) in [5, 5.41) is 4.17. The number of hydrogen-bond donors (Lipinski definition) is 1. The quantitative estimate of drug-likeness (QED) is 0.519. The van der Waals surface area contributed by atoms with Crippen molar-refractivity contribution in [1.82, 2.24) is 5.32 Å². The van der Waals surface area contributed by atoms with Crippen LogP contribution in [0.2, 0.25) is 5.02 Å². The molecule has 1 N–H and O–H groups in total. The van der Waals surface area contributed by atoms with Gasteiger partial charge in [0.25, 0.3) is 0 Å². The average Bonchev–Trinajstić information content (AvgIpc) is 2.90. The highest BCUT2D eigenvalue weighted by molar-refractivity contribution is 6.32. The molecule has 0 atom stereocenters. The van der Waals surface area contributed by atoms with Crippen LogP contribution in [0.5, 0.6) is 0 Å². The number of benzodiazepines with no additional fused rings is 1. The SMILES string of the molecule is COCCOCCC(C)(C)NCCN1C(=O)CN=C(c2ccccc2)c2cc(Cl)ccc21. The summed E-state index contributed by atoms with van der Waals surface area (Å²) in [6.07, 6.45) is 0.859. The van der Waals surface area contributed by atoms with Gasteiger partial charge in [0.1, 0.15) is 6.54 Å². The molecule has 2 aromatic carbocycles. The smallest absolute Gasteiger partial charge is 0.248 e. The first kappa shape index (κ1) is 24.4. The van der Waals surface area contributed by atoms with Crippen molar-refractivity contribution in [2.75, 3.05) is 51.5 Å². The number of fused-ring (bicyclic) bond motifs is 1. The largest absolute Gasteiger partial charge is 0.382 e. The van der Waals surface area contributed by atoms with Crippen LogP contribution in [0.3, 0.4) is 0 Å². The third kappa shape index (κ3) is 6.62. The molecule has 1 aliphatic rings. The molecule has 3 rings (SSSR count). The van der Waals surface area contributed by atoms with Gasteiger partial charge in [-0.15, -0.1) is 0 Å². The molecule has 0 saturated carbocycles. The number of hydrogen-bond acceptors (Lipinski definition) is 5. The fraction of sp³-hybridized carbons (Fsp3) is 0.440. The Kier molecular flexibility index (Phi) is 8.82. The van der Waals surface area contributed by atoms with Crippen molar-refractivity contribution in [3.63, 3.8) is 0 Å². The van der Waals surface area contributed by atoms with Gasteiger partial charge in [0, 0.05) is 48.5 Å². The Balaban J connectivity index is 1.70. The molecule has 0 aliphatic carbocycles. The molecule has 0 aromatic heterocycles. The van der Waals surface area contributed by atoms with Gasteiger partial charge in [0.15, 0.2) is 0 Å². The molecule has 7 heteroatoms. The van der Waals surface area contributed by atoms with E-state index in [4.69, 9.17) is 21.1 Å². The van der Waals surface area contributed by atoms with Gasteiger partial charge in [-0.3, -0.25) is 9.79 Å².